The molecule has 19 heavy (non-hydrogen) atoms. The number of nitrogens with zero attached hydrogens (tertiary/aromatic N) is 1. The summed E-state index contributed by atoms with van der Waals surface area (Å²) < 4.78 is 37.0. The van der Waals surface area contributed by atoms with Gasteiger partial charge in [-0.25, -0.2) is 8.42 Å². The van der Waals surface area contributed by atoms with Crippen molar-refractivity contribution in [1.82, 2.24) is 5.16 Å². The van der Waals surface area contributed by atoms with Crippen molar-refractivity contribution in [2.75, 3.05) is 11.3 Å². The fraction of sp³-hybridized carbons (Fsp3) is 0.182. The summed E-state index contributed by atoms with van der Waals surface area (Å²) in [4.78, 5) is 0.0708. The summed E-state index contributed by atoms with van der Waals surface area (Å²) in [6.45, 7) is 2.28. The summed E-state index contributed by atoms with van der Waals surface area (Å²) in [6, 6.07) is 6.15. The Labute approximate surface area is 118 Å². The molecule has 0 bridgehead atoms. The molecule has 0 aliphatic rings. The Balaban J connectivity index is 2.36. The number of nitrogens with one attached hydrogen (secondary N) is 1. The molecule has 0 atom stereocenters. The van der Waals surface area contributed by atoms with Crippen molar-refractivity contribution >= 4 is 31.8 Å². The van der Waals surface area contributed by atoms with E-state index < -0.39 is 10.0 Å². The van der Waals surface area contributed by atoms with Gasteiger partial charge in [-0.2, -0.15) is 0 Å². The van der Waals surface area contributed by atoms with Crippen LogP contribution in [0.3, 0.4) is 0 Å². The highest BCUT2D eigenvalue weighted by molar-refractivity contribution is 9.10. The van der Waals surface area contributed by atoms with E-state index in [1.807, 2.05) is 6.92 Å². The normalized spacial score (nSPS) is 11.3. The summed E-state index contributed by atoms with van der Waals surface area (Å²) in [5.41, 5.74) is 0. The van der Waals surface area contributed by atoms with Crippen LogP contribution in [0.15, 0.2) is 44.4 Å². The number of sulfonamides is 1. The molecular formula is C11H11BrN2O4S. The number of rotatable bonds is 5. The quantitative estimate of drug-likeness (QED) is 0.899. The molecule has 1 heterocycles. The van der Waals surface area contributed by atoms with Gasteiger partial charge in [-0.1, -0.05) is 5.16 Å². The van der Waals surface area contributed by atoms with Gasteiger partial charge in [0.15, 0.2) is 5.82 Å². The zero-order chi connectivity index (χ0) is 13.9. The second kappa shape index (κ2) is 5.62. The third-order valence-corrected chi connectivity index (χ3v) is 4.53. The smallest absolute Gasteiger partial charge is 0.264 e. The number of ether oxygens (including phenoxy) is 1. The highest BCUT2D eigenvalue weighted by Gasteiger charge is 2.19. The maximum absolute atomic E-state index is 12.2. The van der Waals surface area contributed by atoms with Crippen LogP contribution < -0.4 is 9.46 Å². The summed E-state index contributed by atoms with van der Waals surface area (Å²) in [6.07, 6.45) is 1.28. The SMILES string of the molecule is CCOc1ccc(Br)c(S(=O)(=O)Nc2ccon2)c1. The van der Waals surface area contributed by atoms with Crippen molar-refractivity contribution in [3.63, 3.8) is 0 Å². The number of hydrogen-bond donors (Lipinski definition) is 1. The molecule has 2 rings (SSSR count). The van der Waals surface area contributed by atoms with E-state index in [0.717, 1.165) is 0 Å². The van der Waals surface area contributed by atoms with Gasteiger partial charge in [-0.05, 0) is 35.0 Å². The molecule has 0 saturated heterocycles. The molecule has 0 unspecified atom stereocenters. The maximum Gasteiger partial charge on any atom is 0.264 e. The molecule has 0 aliphatic heterocycles. The van der Waals surface area contributed by atoms with E-state index in [0.29, 0.717) is 16.8 Å². The number of benzene rings is 1. The first-order chi connectivity index (χ1) is 9.03. The van der Waals surface area contributed by atoms with Crippen LogP contribution in [0.2, 0.25) is 0 Å². The minimum absolute atomic E-state index is 0.0708. The molecule has 0 fully saturated rings. The van der Waals surface area contributed by atoms with Gasteiger partial charge in [-0.3, -0.25) is 4.72 Å². The zero-order valence-electron chi connectivity index (χ0n) is 9.96. The third-order valence-electron chi connectivity index (χ3n) is 2.18. The largest absolute Gasteiger partial charge is 0.494 e. The first kappa shape index (κ1) is 13.9. The van der Waals surface area contributed by atoms with Crippen LogP contribution in [0, 0.1) is 0 Å². The van der Waals surface area contributed by atoms with Crippen LogP contribution in [0.1, 0.15) is 6.92 Å². The molecule has 1 N–H and O–H groups in total. The minimum Gasteiger partial charge on any atom is -0.494 e. The van der Waals surface area contributed by atoms with E-state index >= 15 is 0 Å². The Morgan fingerprint density at radius 3 is 2.84 bits per heavy atom. The summed E-state index contributed by atoms with van der Waals surface area (Å²) in [5.74, 6) is 0.597. The van der Waals surface area contributed by atoms with Crippen LogP contribution in [0.25, 0.3) is 0 Å². The molecule has 0 spiro atoms. The molecule has 1 aromatic carbocycles. The summed E-state index contributed by atoms with van der Waals surface area (Å²) in [5, 5.41) is 3.50. The maximum atomic E-state index is 12.2. The molecule has 102 valence electrons. The van der Waals surface area contributed by atoms with Crippen molar-refractivity contribution in [2.45, 2.75) is 11.8 Å². The number of halogens is 1. The summed E-state index contributed by atoms with van der Waals surface area (Å²) in [7, 11) is -3.75. The molecule has 1 aromatic heterocycles. The van der Waals surface area contributed by atoms with Crippen molar-refractivity contribution in [3.8, 4) is 5.75 Å². The number of aromatic nitrogens is 1. The average molecular weight is 347 g/mol. The predicted octanol–water partition coefficient (Wildman–Crippen LogP) is 2.64. The van der Waals surface area contributed by atoms with E-state index in [2.05, 4.69) is 30.3 Å². The molecule has 8 heteroatoms. The van der Waals surface area contributed by atoms with Crippen LogP contribution in [0.5, 0.6) is 5.75 Å². The Hall–Kier alpha value is -1.54. The first-order valence-corrected chi connectivity index (χ1v) is 7.66. The minimum atomic E-state index is -3.75. The van der Waals surface area contributed by atoms with Gasteiger partial charge in [0.2, 0.25) is 0 Å². The van der Waals surface area contributed by atoms with E-state index in [9.17, 15) is 8.42 Å². The standard InChI is InChI=1S/C11H11BrN2O4S/c1-2-17-8-3-4-9(12)10(7-8)19(15,16)14-11-5-6-18-13-11/h3-7H,2H2,1H3,(H,13,14). The van der Waals surface area contributed by atoms with Gasteiger partial charge in [0.25, 0.3) is 10.0 Å². The molecular weight excluding hydrogens is 336 g/mol. The molecule has 0 saturated carbocycles. The van der Waals surface area contributed by atoms with Crippen molar-refractivity contribution in [3.05, 3.63) is 35.0 Å². The lowest BCUT2D eigenvalue weighted by Gasteiger charge is -2.09. The van der Waals surface area contributed by atoms with E-state index in [1.54, 1.807) is 12.1 Å². The van der Waals surface area contributed by atoms with Crippen molar-refractivity contribution in [1.29, 1.82) is 0 Å². The Morgan fingerprint density at radius 2 is 2.21 bits per heavy atom. The van der Waals surface area contributed by atoms with E-state index in [-0.39, 0.29) is 10.7 Å². The van der Waals surface area contributed by atoms with E-state index in [1.165, 1.54) is 18.4 Å². The lowest BCUT2D eigenvalue weighted by molar-refractivity contribution is 0.339. The van der Waals surface area contributed by atoms with Gasteiger partial charge >= 0.3 is 0 Å². The molecule has 0 aliphatic carbocycles. The van der Waals surface area contributed by atoms with Crippen molar-refractivity contribution in [2.24, 2.45) is 0 Å². The van der Waals surface area contributed by atoms with Crippen molar-refractivity contribution < 1.29 is 17.7 Å². The summed E-state index contributed by atoms with van der Waals surface area (Å²) >= 11 is 3.20. The van der Waals surface area contributed by atoms with Gasteiger partial charge in [0.05, 0.1) is 6.61 Å². The number of hydrogen-bond acceptors (Lipinski definition) is 5. The van der Waals surface area contributed by atoms with Gasteiger partial charge in [-0.15, -0.1) is 0 Å². The van der Waals surface area contributed by atoms with Crippen LogP contribution in [-0.4, -0.2) is 20.2 Å². The fourth-order valence-corrected chi connectivity index (χ4v) is 3.38. The number of anilines is 1. The lowest BCUT2D eigenvalue weighted by atomic mass is 10.3. The van der Waals surface area contributed by atoms with Gasteiger partial charge in [0, 0.05) is 16.6 Å². The molecule has 0 radical (unpaired) electrons. The topological polar surface area (TPSA) is 81.4 Å². The highest BCUT2D eigenvalue weighted by atomic mass is 79.9. The van der Waals surface area contributed by atoms with Gasteiger partial charge in [0.1, 0.15) is 16.9 Å². The first-order valence-electron chi connectivity index (χ1n) is 5.38. The lowest BCUT2D eigenvalue weighted by Crippen LogP contribution is -2.14. The van der Waals surface area contributed by atoms with Crippen LogP contribution >= 0.6 is 15.9 Å². The molecule has 2 aromatic rings. The Morgan fingerprint density at radius 1 is 1.42 bits per heavy atom. The average Bonchev–Trinajstić information content (AvgIpc) is 2.84. The Kier molecular flexibility index (Phi) is 4.11. The van der Waals surface area contributed by atoms with Crippen LogP contribution in [-0.2, 0) is 10.0 Å². The highest BCUT2D eigenvalue weighted by Crippen LogP contribution is 2.28. The monoisotopic (exact) mass is 346 g/mol. The fourth-order valence-electron chi connectivity index (χ4n) is 1.40. The predicted molar refractivity (Wildman–Crippen MR) is 72.6 cm³/mol. The third kappa shape index (κ3) is 3.27. The molecule has 0 amide bonds. The van der Waals surface area contributed by atoms with Crippen LogP contribution in [0.4, 0.5) is 5.82 Å². The second-order valence-corrected chi connectivity index (χ2v) is 6.02. The van der Waals surface area contributed by atoms with Gasteiger partial charge < -0.3 is 9.26 Å². The molecule has 6 nitrogen and oxygen atoms in total. The van der Waals surface area contributed by atoms with E-state index in [4.69, 9.17) is 4.74 Å². The second-order valence-electron chi connectivity index (χ2n) is 3.52. The Bertz CT molecular complexity index is 655. The zero-order valence-corrected chi connectivity index (χ0v) is 12.4.